The van der Waals surface area contributed by atoms with Crippen molar-refractivity contribution < 1.29 is 22.7 Å². The number of ether oxygens (including phenoxy) is 1. The van der Waals surface area contributed by atoms with Gasteiger partial charge in [0, 0.05) is 19.2 Å². The lowest BCUT2D eigenvalue weighted by atomic mass is 10.3. The van der Waals surface area contributed by atoms with Crippen LogP contribution in [0.25, 0.3) is 10.2 Å². The highest BCUT2D eigenvalue weighted by Crippen LogP contribution is 2.34. The monoisotopic (exact) mass is 415 g/mol. The summed E-state index contributed by atoms with van der Waals surface area (Å²) in [4.78, 5) is 21.4. The molecule has 2 heterocycles. The van der Waals surface area contributed by atoms with Crippen molar-refractivity contribution in [1.82, 2.24) is 9.88 Å². The Morgan fingerprint density at radius 2 is 2.00 bits per heavy atom. The van der Waals surface area contributed by atoms with Gasteiger partial charge in [0.05, 0.1) is 15.1 Å². The Morgan fingerprint density at radius 3 is 2.63 bits per heavy atom. The quantitative estimate of drug-likeness (QED) is 0.596. The van der Waals surface area contributed by atoms with Crippen LogP contribution in [0.2, 0.25) is 0 Å². The minimum Gasteiger partial charge on any atom is -0.406 e. The zero-order valence-corrected chi connectivity index (χ0v) is 16.1. The molecule has 0 saturated carbocycles. The Bertz CT molecular complexity index is 923. The van der Waals surface area contributed by atoms with Gasteiger partial charge in [-0.05, 0) is 37.7 Å². The molecule has 0 saturated heterocycles. The number of likely N-dealkylation sites (N-methyl/N-ethyl adjacent to an activating group) is 1. The summed E-state index contributed by atoms with van der Waals surface area (Å²) in [7, 11) is 3.79. The van der Waals surface area contributed by atoms with E-state index in [0.717, 1.165) is 11.3 Å². The number of halogens is 3. The number of fused-ring (bicyclic) bond motifs is 1. The molecule has 10 heteroatoms. The molecule has 0 N–H and O–H groups in total. The summed E-state index contributed by atoms with van der Waals surface area (Å²) in [6, 6.07) is 7.48. The molecule has 5 nitrogen and oxygen atoms in total. The molecule has 3 rings (SSSR count). The van der Waals surface area contributed by atoms with Gasteiger partial charge < -0.3 is 9.64 Å². The van der Waals surface area contributed by atoms with E-state index in [1.54, 1.807) is 17.0 Å². The van der Waals surface area contributed by atoms with Crippen molar-refractivity contribution in [3.05, 3.63) is 40.6 Å². The van der Waals surface area contributed by atoms with E-state index in [1.165, 1.54) is 29.5 Å². The number of hydrogen-bond acceptors (Lipinski definition) is 6. The third-order valence-electron chi connectivity index (χ3n) is 3.56. The molecular formula is C17H16F3N3O2S2. The standard InChI is InChI=1S/C17H16F3N3O2S2/c1-22(2)7-8-23(15(24)13-4-3-9-26-13)16-21-12-6-5-11(10-14(12)27-16)25-17(18,19)20/h3-6,9-10H,7-8H2,1-2H3. The highest BCUT2D eigenvalue weighted by molar-refractivity contribution is 7.22. The molecule has 0 aliphatic rings. The lowest BCUT2D eigenvalue weighted by Gasteiger charge is -2.21. The van der Waals surface area contributed by atoms with Gasteiger partial charge in [0.15, 0.2) is 5.13 Å². The fourth-order valence-corrected chi connectivity index (χ4v) is 4.01. The van der Waals surface area contributed by atoms with Crippen molar-refractivity contribution in [1.29, 1.82) is 0 Å². The summed E-state index contributed by atoms with van der Waals surface area (Å²) in [6.07, 6.45) is -4.76. The average molecular weight is 415 g/mol. The number of rotatable bonds is 6. The Morgan fingerprint density at radius 1 is 1.22 bits per heavy atom. The van der Waals surface area contributed by atoms with Crippen LogP contribution in [0.15, 0.2) is 35.7 Å². The number of thiophene rings is 1. The maximum atomic E-state index is 12.9. The number of benzene rings is 1. The van der Waals surface area contributed by atoms with E-state index in [0.29, 0.717) is 33.3 Å². The van der Waals surface area contributed by atoms with Gasteiger partial charge in [0.25, 0.3) is 5.91 Å². The van der Waals surface area contributed by atoms with Gasteiger partial charge in [-0.1, -0.05) is 17.4 Å². The summed E-state index contributed by atoms with van der Waals surface area (Å²) < 4.78 is 41.7. The van der Waals surface area contributed by atoms with E-state index in [-0.39, 0.29) is 11.7 Å². The van der Waals surface area contributed by atoms with Crippen molar-refractivity contribution in [2.24, 2.45) is 0 Å². The minimum atomic E-state index is -4.76. The first-order valence-corrected chi connectivity index (χ1v) is 9.59. The van der Waals surface area contributed by atoms with E-state index < -0.39 is 6.36 Å². The molecule has 1 amide bonds. The zero-order valence-electron chi connectivity index (χ0n) is 14.5. The van der Waals surface area contributed by atoms with Crippen LogP contribution in [-0.4, -0.2) is 49.3 Å². The second-order valence-electron chi connectivity index (χ2n) is 5.91. The molecule has 0 bridgehead atoms. The van der Waals surface area contributed by atoms with E-state index >= 15 is 0 Å². The number of thiazole rings is 1. The van der Waals surface area contributed by atoms with Crippen molar-refractivity contribution in [3.8, 4) is 5.75 Å². The normalized spacial score (nSPS) is 11.9. The van der Waals surface area contributed by atoms with E-state index in [1.807, 2.05) is 24.4 Å². The molecule has 1 aromatic carbocycles. The third-order valence-corrected chi connectivity index (χ3v) is 5.46. The second-order valence-corrected chi connectivity index (χ2v) is 7.87. The molecule has 0 spiro atoms. The highest BCUT2D eigenvalue weighted by atomic mass is 32.1. The first-order valence-electron chi connectivity index (χ1n) is 7.89. The number of aromatic nitrogens is 1. The first-order chi connectivity index (χ1) is 12.7. The van der Waals surface area contributed by atoms with E-state index in [4.69, 9.17) is 0 Å². The molecule has 144 valence electrons. The number of alkyl halides is 3. The van der Waals surface area contributed by atoms with Crippen molar-refractivity contribution in [2.45, 2.75) is 6.36 Å². The molecule has 0 aliphatic carbocycles. The topological polar surface area (TPSA) is 45.7 Å². The van der Waals surface area contributed by atoms with Gasteiger partial charge in [0.2, 0.25) is 0 Å². The first kappa shape index (κ1) is 19.6. The molecule has 27 heavy (non-hydrogen) atoms. The maximum absolute atomic E-state index is 12.9. The summed E-state index contributed by atoms with van der Waals surface area (Å²) >= 11 is 2.49. The predicted octanol–water partition coefficient (Wildman–Crippen LogP) is 4.46. The Labute approximate surface area is 161 Å². The van der Waals surface area contributed by atoms with Gasteiger partial charge in [-0.25, -0.2) is 4.98 Å². The number of hydrogen-bond donors (Lipinski definition) is 0. The fraction of sp³-hybridized carbons (Fsp3) is 0.294. The predicted molar refractivity (Wildman–Crippen MR) is 101 cm³/mol. The molecule has 0 atom stereocenters. The molecule has 2 aromatic heterocycles. The molecule has 0 aliphatic heterocycles. The fourth-order valence-electron chi connectivity index (χ4n) is 2.32. The number of carbonyl (C=O) groups is 1. The Balaban J connectivity index is 1.93. The van der Waals surface area contributed by atoms with Crippen LogP contribution in [0.1, 0.15) is 9.67 Å². The summed E-state index contributed by atoms with van der Waals surface area (Å²) in [5, 5.41) is 2.26. The number of anilines is 1. The third kappa shape index (κ3) is 4.96. The van der Waals surface area contributed by atoms with Crippen LogP contribution in [0, 0.1) is 0 Å². The largest absolute Gasteiger partial charge is 0.573 e. The van der Waals surface area contributed by atoms with Gasteiger partial charge in [-0.15, -0.1) is 24.5 Å². The highest BCUT2D eigenvalue weighted by Gasteiger charge is 2.31. The lowest BCUT2D eigenvalue weighted by molar-refractivity contribution is -0.274. The SMILES string of the molecule is CN(C)CCN(C(=O)c1cccs1)c1nc2ccc(OC(F)(F)F)cc2s1. The summed E-state index contributed by atoms with van der Waals surface area (Å²) in [5.74, 6) is -0.493. The van der Waals surface area contributed by atoms with Crippen LogP contribution < -0.4 is 9.64 Å². The summed E-state index contributed by atoms with van der Waals surface area (Å²) in [5.41, 5.74) is 0.512. The van der Waals surface area contributed by atoms with Gasteiger partial charge in [-0.2, -0.15) is 0 Å². The summed E-state index contributed by atoms with van der Waals surface area (Å²) in [6.45, 7) is 1.03. The van der Waals surface area contributed by atoms with Crippen LogP contribution in [-0.2, 0) is 0 Å². The second kappa shape index (κ2) is 7.83. The number of carbonyl (C=O) groups excluding carboxylic acids is 1. The molecule has 3 aromatic rings. The van der Waals surface area contributed by atoms with Crippen molar-refractivity contribution in [2.75, 3.05) is 32.1 Å². The van der Waals surface area contributed by atoms with Gasteiger partial charge in [-0.3, -0.25) is 9.69 Å². The maximum Gasteiger partial charge on any atom is 0.573 e. The van der Waals surface area contributed by atoms with Crippen LogP contribution in [0.5, 0.6) is 5.75 Å². The zero-order chi connectivity index (χ0) is 19.6. The van der Waals surface area contributed by atoms with Crippen molar-refractivity contribution >= 4 is 43.9 Å². The molecule has 0 unspecified atom stereocenters. The van der Waals surface area contributed by atoms with Crippen LogP contribution in [0.4, 0.5) is 18.3 Å². The van der Waals surface area contributed by atoms with Crippen molar-refractivity contribution in [3.63, 3.8) is 0 Å². The van der Waals surface area contributed by atoms with Crippen LogP contribution in [0.3, 0.4) is 0 Å². The average Bonchev–Trinajstić information content (AvgIpc) is 3.22. The van der Waals surface area contributed by atoms with Crippen LogP contribution >= 0.6 is 22.7 Å². The van der Waals surface area contributed by atoms with Gasteiger partial charge in [0.1, 0.15) is 5.75 Å². The Kier molecular flexibility index (Phi) is 5.68. The van der Waals surface area contributed by atoms with Gasteiger partial charge >= 0.3 is 6.36 Å². The smallest absolute Gasteiger partial charge is 0.406 e. The van der Waals surface area contributed by atoms with E-state index in [9.17, 15) is 18.0 Å². The number of amides is 1. The molecule has 0 radical (unpaired) electrons. The molecule has 0 fully saturated rings. The lowest BCUT2D eigenvalue weighted by Crippen LogP contribution is -2.36. The Hall–Kier alpha value is -2.17. The number of nitrogens with zero attached hydrogens (tertiary/aromatic N) is 3. The minimum absolute atomic E-state index is 0.183. The van der Waals surface area contributed by atoms with E-state index in [2.05, 4.69) is 9.72 Å². The molecular weight excluding hydrogens is 399 g/mol.